The molecule has 2 aliphatic heterocycles. The van der Waals surface area contributed by atoms with E-state index in [9.17, 15) is 19.8 Å². The second-order valence-electron chi connectivity index (χ2n) is 7.47. The summed E-state index contributed by atoms with van der Waals surface area (Å²) in [6, 6.07) is 3.30. The Kier molecular flexibility index (Phi) is 7.32. The number of nitrogens with zero attached hydrogens (tertiary/aromatic N) is 2. The summed E-state index contributed by atoms with van der Waals surface area (Å²) in [5.41, 5.74) is 0.433. The summed E-state index contributed by atoms with van der Waals surface area (Å²) in [5.74, 6) is -1.02. The lowest BCUT2D eigenvalue weighted by atomic mass is 10.2. The standard InChI is InChI=1S/C21H23ClN2O8S/c1-2-3-4-15(19(25)26)33-18-16(20(27)28)24(17(23-18)21-29-5-6-30-21)9-11-7-13-14(8-12(11)22)32-10-31-13/h7-8,15,21H,2-6,9-10H2,1H3,(H,25,26)(H,27,28). The van der Waals surface area contributed by atoms with Crippen LogP contribution in [0.1, 0.15) is 54.4 Å². The first-order valence-electron chi connectivity index (χ1n) is 10.4. The number of carbonyl (C=O) groups is 2. The largest absolute Gasteiger partial charge is 0.480 e. The van der Waals surface area contributed by atoms with Gasteiger partial charge in [-0.05, 0) is 18.1 Å². The van der Waals surface area contributed by atoms with Gasteiger partial charge in [-0.2, -0.15) is 0 Å². The van der Waals surface area contributed by atoms with Crippen molar-refractivity contribution in [3.05, 3.63) is 34.2 Å². The predicted octanol–water partition coefficient (Wildman–Crippen LogP) is 3.79. The van der Waals surface area contributed by atoms with Crippen LogP contribution in [0, 0.1) is 0 Å². The number of rotatable bonds is 10. The Hall–Kier alpha value is -2.47. The number of thioether (sulfide) groups is 1. The van der Waals surface area contributed by atoms with Crippen molar-refractivity contribution >= 4 is 35.3 Å². The van der Waals surface area contributed by atoms with Crippen molar-refractivity contribution in [2.45, 2.75) is 49.3 Å². The number of unbranched alkanes of at least 4 members (excludes halogenated alkanes) is 1. The van der Waals surface area contributed by atoms with Crippen LogP contribution in [0.3, 0.4) is 0 Å². The second kappa shape index (κ2) is 10.2. The number of aromatic carboxylic acids is 1. The smallest absolute Gasteiger partial charge is 0.355 e. The highest BCUT2D eigenvalue weighted by Crippen LogP contribution is 2.39. The average molecular weight is 499 g/mol. The van der Waals surface area contributed by atoms with E-state index in [1.54, 1.807) is 12.1 Å². The molecule has 0 aliphatic carbocycles. The van der Waals surface area contributed by atoms with Gasteiger partial charge in [0.25, 0.3) is 0 Å². The lowest BCUT2D eigenvalue weighted by molar-refractivity contribution is -0.136. The number of halogens is 1. The molecule has 2 aliphatic rings. The van der Waals surface area contributed by atoms with Crippen LogP contribution in [-0.4, -0.2) is 57.0 Å². The van der Waals surface area contributed by atoms with Gasteiger partial charge in [0, 0.05) is 11.1 Å². The Bertz CT molecular complexity index is 1050. The van der Waals surface area contributed by atoms with Gasteiger partial charge in [-0.1, -0.05) is 43.1 Å². The Labute approximate surface area is 198 Å². The zero-order valence-electron chi connectivity index (χ0n) is 17.8. The molecule has 1 atom stereocenters. The molecule has 10 nitrogen and oxygen atoms in total. The fraction of sp³-hybridized carbons (Fsp3) is 0.476. The molecule has 1 fully saturated rings. The topological polar surface area (TPSA) is 129 Å². The first-order valence-corrected chi connectivity index (χ1v) is 11.7. The summed E-state index contributed by atoms with van der Waals surface area (Å²) >= 11 is 7.35. The van der Waals surface area contributed by atoms with Crippen LogP contribution in [0.15, 0.2) is 17.2 Å². The van der Waals surface area contributed by atoms with E-state index in [-0.39, 0.29) is 29.9 Å². The number of carboxylic acid groups (broad SMARTS) is 2. The summed E-state index contributed by atoms with van der Waals surface area (Å²) in [6.07, 6.45) is 1.04. The highest BCUT2D eigenvalue weighted by atomic mass is 35.5. The number of carboxylic acids is 2. The van der Waals surface area contributed by atoms with Gasteiger partial charge in [0.1, 0.15) is 10.3 Å². The summed E-state index contributed by atoms with van der Waals surface area (Å²) in [5, 5.41) is 19.3. The molecule has 4 rings (SSSR count). The van der Waals surface area contributed by atoms with Crippen LogP contribution in [0.25, 0.3) is 0 Å². The van der Waals surface area contributed by atoms with Crippen molar-refractivity contribution in [3.8, 4) is 11.5 Å². The van der Waals surface area contributed by atoms with Gasteiger partial charge in [-0.3, -0.25) is 4.79 Å². The molecular weight excluding hydrogens is 476 g/mol. The molecular formula is C21H23ClN2O8S. The number of hydrogen-bond donors (Lipinski definition) is 2. The van der Waals surface area contributed by atoms with Gasteiger partial charge in [0.05, 0.1) is 19.8 Å². The Balaban J connectivity index is 1.76. The minimum Gasteiger partial charge on any atom is -0.480 e. The zero-order valence-corrected chi connectivity index (χ0v) is 19.4. The maximum absolute atomic E-state index is 12.3. The normalized spacial score (nSPS) is 16.3. The SMILES string of the molecule is CCCCC(Sc1nc(C2OCCO2)n(Cc2cc3c(cc2Cl)OCO3)c1C(=O)O)C(=O)O. The molecule has 1 unspecified atom stereocenters. The zero-order chi connectivity index (χ0) is 23.5. The number of hydrogen-bond acceptors (Lipinski definition) is 8. The number of ether oxygens (including phenoxy) is 4. The molecule has 2 aromatic rings. The van der Waals surface area contributed by atoms with Crippen molar-refractivity contribution < 1.29 is 38.7 Å². The maximum Gasteiger partial charge on any atom is 0.355 e. The third-order valence-electron chi connectivity index (χ3n) is 5.22. The van der Waals surface area contributed by atoms with Crippen LogP contribution < -0.4 is 9.47 Å². The minimum absolute atomic E-state index is 0.0376. The van der Waals surface area contributed by atoms with E-state index >= 15 is 0 Å². The van der Waals surface area contributed by atoms with Crippen molar-refractivity contribution in [3.63, 3.8) is 0 Å². The van der Waals surface area contributed by atoms with E-state index in [1.807, 2.05) is 6.92 Å². The summed E-state index contributed by atoms with van der Waals surface area (Å²) in [6.45, 7) is 2.74. The lowest BCUT2D eigenvalue weighted by Gasteiger charge is -2.15. The van der Waals surface area contributed by atoms with E-state index in [1.165, 1.54) is 4.57 Å². The van der Waals surface area contributed by atoms with Crippen molar-refractivity contribution in [1.29, 1.82) is 0 Å². The third kappa shape index (κ3) is 5.06. The monoisotopic (exact) mass is 498 g/mol. The van der Waals surface area contributed by atoms with Crippen molar-refractivity contribution in [2.75, 3.05) is 20.0 Å². The van der Waals surface area contributed by atoms with Crippen LogP contribution in [-0.2, 0) is 20.8 Å². The van der Waals surface area contributed by atoms with Crippen LogP contribution in [0.5, 0.6) is 11.5 Å². The maximum atomic E-state index is 12.3. The van der Waals surface area contributed by atoms with E-state index in [4.69, 9.17) is 30.5 Å². The highest BCUT2D eigenvalue weighted by molar-refractivity contribution is 8.00. The van der Waals surface area contributed by atoms with Gasteiger partial charge >= 0.3 is 11.9 Å². The summed E-state index contributed by atoms with van der Waals surface area (Å²) in [7, 11) is 0. The summed E-state index contributed by atoms with van der Waals surface area (Å²) in [4.78, 5) is 28.6. The number of benzene rings is 1. The molecule has 1 saturated heterocycles. The van der Waals surface area contributed by atoms with E-state index in [0.717, 1.165) is 18.2 Å². The van der Waals surface area contributed by atoms with Gasteiger partial charge in [-0.15, -0.1) is 0 Å². The first kappa shape index (κ1) is 23.7. The molecule has 0 bridgehead atoms. The van der Waals surface area contributed by atoms with E-state index < -0.39 is 23.5 Å². The number of aromatic nitrogens is 2. The highest BCUT2D eigenvalue weighted by Gasteiger charge is 2.33. The fourth-order valence-electron chi connectivity index (χ4n) is 3.59. The number of fused-ring (bicyclic) bond motifs is 1. The number of aliphatic carboxylic acids is 1. The molecule has 1 aromatic heterocycles. The molecule has 12 heteroatoms. The lowest BCUT2D eigenvalue weighted by Crippen LogP contribution is -2.18. The third-order valence-corrected chi connectivity index (χ3v) is 6.80. The Morgan fingerprint density at radius 2 is 1.94 bits per heavy atom. The molecule has 0 spiro atoms. The van der Waals surface area contributed by atoms with E-state index in [2.05, 4.69) is 4.98 Å². The first-order chi connectivity index (χ1) is 15.9. The van der Waals surface area contributed by atoms with Crippen molar-refractivity contribution in [2.24, 2.45) is 0 Å². The van der Waals surface area contributed by atoms with Crippen LogP contribution in [0.4, 0.5) is 0 Å². The molecule has 178 valence electrons. The minimum atomic E-state index is -1.24. The second-order valence-corrected chi connectivity index (χ2v) is 9.07. The molecule has 1 aromatic carbocycles. The Morgan fingerprint density at radius 3 is 2.58 bits per heavy atom. The van der Waals surface area contributed by atoms with Crippen molar-refractivity contribution in [1.82, 2.24) is 9.55 Å². The molecule has 2 N–H and O–H groups in total. The van der Waals surface area contributed by atoms with Gasteiger partial charge < -0.3 is 33.7 Å². The Morgan fingerprint density at radius 1 is 1.24 bits per heavy atom. The summed E-state index contributed by atoms with van der Waals surface area (Å²) < 4.78 is 23.4. The molecule has 0 radical (unpaired) electrons. The molecule has 33 heavy (non-hydrogen) atoms. The fourth-order valence-corrected chi connectivity index (χ4v) is 4.92. The molecule has 0 saturated carbocycles. The predicted molar refractivity (Wildman–Crippen MR) is 117 cm³/mol. The van der Waals surface area contributed by atoms with Gasteiger partial charge in [0.2, 0.25) is 13.1 Å². The van der Waals surface area contributed by atoms with Crippen LogP contribution >= 0.6 is 23.4 Å². The van der Waals surface area contributed by atoms with Gasteiger partial charge in [-0.25, -0.2) is 9.78 Å². The van der Waals surface area contributed by atoms with E-state index in [0.29, 0.717) is 48.1 Å². The average Bonchev–Trinajstić information content (AvgIpc) is 3.51. The quantitative estimate of drug-likeness (QED) is 0.466. The molecule has 0 amide bonds. The molecule has 3 heterocycles. The van der Waals surface area contributed by atoms with Gasteiger partial charge in [0.15, 0.2) is 23.0 Å². The van der Waals surface area contributed by atoms with Crippen LogP contribution in [0.2, 0.25) is 5.02 Å². The number of imidazole rings is 1.